The van der Waals surface area contributed by atoms with Crippen molar-refractivity contribution in [2.75, 3.05) is 0 Å². The summed E-state index contributed by atoms with van der Waals surface area (Å²) in [6, 6.07) is 0. The zero-order valence-electron chi connectivity index (χ0n) is 22.2. The third kappa shape index (κ3) is 4.65. The number of ether oxygens (including phenoxy) is 2. The molecule has 9 atom stereocenters. The van der Waals surface area contributed by atoms with Gasteiger partial charge in [-0.3, -0.25) is 4.79 Å². The number of allylic oxidation sites excluding steroid dienone is 4. The Labute approximate surface area is 209 Å². The summed E-state index contributed by atoms with van der Waals surface area (Å²) >= 11 is 0. The van der Waals surface area contributed by atoms with Crippen molar-refractivity contribution in [1.82, 2.24) is 0 Å². The summed E-state index contributed by atoms with van der Waals surface area (Å²) in [5, 5.41) is 33.8. The van der Waals surface area contributed by atoms with Crippen LogP contribution in [0.4, 0.5) is 0 Å². The van der Waals surface area contributed by atoms with Gasteiger partial charge in [-0.1, -0.05) is 46.3 Å². The van der Waals surface area contributed by atoms with Gasteiger partial charge in [-0.15, -0.1) is 0 Å². The molecule has 1 fully saturated rings. The number of fused-ring (bicyclic) bond motifs is 4. The van der Waals surface area contributed by atoms with Gasteiger partial charge in [-0.2, -0.15) is 0 Å². The van der Waals surface area contributed by atoms with E-state index < -0.39 is 23.8 Å². The second-order valence-electron chi connectivity index (χ2n) is 11.8. The van der Waals surface area contributed by atoms with Gasteiger partial charge >= 0.3 is 0 Å². The van der Waals surface area contributed by atoms with E-state index in [-0.39, 0.29) is 35.2 Å². The van der Waals surface area contributed by atoms with Crippen LogP contribution in [0.15, 0.2) is 46.0 Å². The molecule has 0 radical (unpaired) electrons. The fourth-order valence-electron chi connectivity index (χ4n) is 6.51. The van der Waals surface area contributed by atoms with Crippen LogP contribution in [0.2, 0.25) is 0 Å². The maximum absolute atomic E-state index is 13.0. The minimum atomic E-state index is -1.60. The highest BCUT2D eigenvalue weighted by Crippen LogP contribution is 2.49. The number of aliphatic hydroxyl groups excluding tert-OH is 2. The zero-order chi connectivity index (χ0) is 25.8. The predicted octanol–water partition coefficient (Wildman–Crippen LogP) is 5.13. The van der Waals surface area contributed by atoms with Crippen molar-refractivity contribution in [2.24, 2.45) is 29.6 Å². The van der Waals surface area contributed by atoms with Gasteiger partial charge in [0.15, 0.2) is 5.76 Å². The summed E-state index contributed by atoms with van der Waals surface area (Å²) in [6.45, 7) is 14.0. The van der Waals surface area contributed by atoms with Crippen molar-refractivity contribution in [3.05, 3.63) is 46.0 Å². The number of Topliss-reactive ketones (excluding diaryl/α,β-unsaturated/α-hetero) is 1. The lowest BCUT2D eigenvalue weighted by Crippen LogP contribution is -2.50. The average Bonchev–Trinajstić information content (AvgIpc) is 3.14. The number of ketones is 1. The molecule has 4 bridgehead atoms. The van der Waals surface area contributed by atoms with Crippen LogP contribution in [-0.4, -0.2) is 45.2 Å². The Kier molecular flexibility index (Phi) is 7.13. The monoisotopic (exact) mass is 490 g/mol. The highest BCUT2D eigenvalue weighted by Gasteiger charge is 2.51. The Balaban J connectivity index is 1.83. The summed E-state index contributed by atoms with van der Waals surface area (Å²) in [5.41, 5.74) is 2.44. The molecule has 0 saturated carbocycles. The van der Waals surface area contributed by atoms with Crippen molar-refractivity contribution in [3.8, 4) is 0 Å². The minimum absolute atomic E-state index is 0.0815. The quantitative estimate of drug-likeness (QED) is 0.322. The number of hydrogen-bond donors (Lipinski definition) is 3. The lowest BCUT2D eigenvalue weighted by atomic mass is 9.75. The highest BCUT2D eigenvalue weighted by atomic mass is 18.2. The predicted molar refractivity (Wildman–Crippen MR) is 134 cm³/mol. The molecule has 6 nitrogen and oxygen atoms in total. The molecule has 6 heteroatoms. The van der Waals surface area contributed by atoms with Gasteiger partial charge < -0.3 is 24.8 Å². The Bertz CT molecular complexity index is 1000. The summed E-state index contributed by atoms with van der Waals surface area (Å²) in [7, 11) is 0. The summed E-state index contributed by atoms with van der Waals surface area (Å²) in [4.78, 5) is 13.0. The van der Waals surface area contributed by atoms with E-state index in [4.69, 9.17) is 9.47 Å². The Hall–Kier alpha value is -1.89. The summed E-state index contributed by atoms with van der Waals surface area (Å²) in [5.74, 6) is -2.16. The molecule has 1 aliphatic carbocycles. The van der Waals surface area contributed by atoms with Gasteiger partial charge in [-0.25, -0.2) is 0 Å². The van der Waals surface area contributed by atoms with Crippen LogP contribution >= 0.6 is 0 Å². The van der Waals surface area contributed by atoms with E-state index in [0.29, 0.717) is 28.7 Å². The lowest BCUT2D eigenvalue weighted by Gasteiger charge is -2.44. The number of carbonyl (C=O) groups is 1. The normalized spacial score (nSPS) is 44.5. The van der Waals surface area contributed by atoms with E-state index in [1.807, 2.05) is 20.8 Å². The van der Waals surface area contributed by atoms with Gasteiger partial charge in [0, 0.05) is 34.5 Å². The van der Waals surface area contributed by atoms with Gasteiger partial charge in [0.25, 0.3) is 0 Å². The molecular formula is C29H42O6. The molecule has 4 aliphatic rings. The topological polar surface area (TPSA) is 96.2 Å². The largest absolute Gasteiger partial charge is 0.504 e. The van der Waals surface area contributed by atoms with Crippen LogP contribution < -0.4 is 0 Å². The first-order valence-corrected chi connectivity index (χ1v) is 13.2. The highest BCUT2D eigenvalue weighted by molar-refractivity contribution is 6.10. The molecule has 3 heterocycles. The number of hydrogen-bond acceptors (Lipinski definition) is 6. The third-order valence-corrected chi connectivity index (χ3v) is 8.66. The van der Waals surface area contributed by atoms with Crippen molar-refractivity contribution in [1.29, 1.82) is 0 Å². The van der Waals surface area contributed by atoms with E-state index in [9.17, 15) is 20.1 Å². The molecule has 3 aliphatic heterocycles. The second-order valence-corrected chi connectivity index (χ2v) is 11.8. The SMILES string of the molecule is C/C1=[12CH]\[C@@H](C)C[12CH2][12C@H]2O[12C@@H](C3=[12C](O)C(=[16O])[12C](C)=C4[16O][12C@]([18OH])([12CH]=[12C]43)[C@@H](C)[12CH2][C@H](C)[12CH2]1)[C@H](C)[12C@@H]([18OH])[C@H]2C. The van der Waals surface area contributed by atoms with Crippen LogP contribution in [0.5, 0.6) is 0 Å². The van der Waals surface area contributed by atoms with Gasteiger partial charge in [-0.05, 0) is 57.4 Å². The van der Waals surface area contributed by atoms with E-state index in [0.717, 1.165) is 25.7 Å². The van der Waals surface area contributed by atoms with E-state index in [1.165, 1.54) is 5.57 Å². The van der Waals surface area contributed by atoms with Crippen molar-refractivity contribution >= 4 is 5.78 Å². The van der Waals surface area contributed by atoms with Gasteiger partial charge in [0.2, 0.25) is 11.6 Å². The van der Waals surface area contributed by atoms with Crippen LogP contribution in [0, 0.1) is 29.6 Å². The van der Waals surface area contributed by atoms with Crippen molar-refractivity contribution in [3.63, 3.8) is 0 Å². The molecule has 0 aromatic rings. The van der Waals surface area contributed by atoms with E-state index in [2.05, 4.69) is 26.8 Å². The summed E-state index contributed by atoms with van der Waals surface area (Å²) in [6.07, 6.45) is 5.76. The van der Waals surface area contributed by atoms with Crippen LogP contribution in [0.1, 0.15) is 74.1 Å². The molecule has 3 N–H and O–H groups in total. The van der Waals surface area contributed by atoms with E-state index in [1.54, 1.807) is 13.0 Å². The van der Waals surface area contributed by atoms with Crippen LogP contribution in [0.25, 0.3) is 0 Å². The molecule has 35 heavy (non-hydrogen) atoms. The van der Waals surface area contributed by atoms with Crippen LogP contribution in [0.3, 0.4) is 0 Å². The molecule has 194 valence electrons. The van der Waals surface area contributed by atoms with Crippen molar-refractivity contribution < 1.29 is 29.6 Å². The minimum Gasteiger partial charge on any atom is -0.504 e. The number of carbonyl (C=O) groups excluding carboxylic acids is 1. The Morgan fingerprint density at radius 2 is 1.77 bits per heavy atom. The second kappa shape index (κ2) is 9.53. The Morgan fingerprint density at radius 3 is 2.46 bits per heavy atom. The molecule has 1 saturated heterocycles. The maximum atomic E-state index is 13.0. The number of aliphatic hydroxyl groups is 3. The molecule has 0 spiro atoms. The first-order chi connectivity index (χ1) is 16.3. The molecular weight excluding hydrogens is 448 g/mol. The number of rotatable bonds is 0. The molecule has 0 aromatic carbocycles. The van der Waals surface area contributed by atoms with Gasteiger partial charge in [0.05, 0.1) is 18.3 Å². The molecule has 0 unspecified atom stereocenters. The average molecular weight is 491 g/mol. The van der Waals surface area contributed by atoms with Crippen molar-refractivity contribution in [2.45, 2.75) is 98.2 Å². The fourth-order valence-corrected chi connectivity index (χ4v) is 6.51. The van der Waals surface area contributed by atoms with Gasteiger partial charge in [0.1, 0.15) is 5.76 Å². The maximum Gasteiger partial charge on any atom is 0.231 e. The van der Waals surface area contributed by atoms with Crippen LogP contribution in [-0.2, 0) is 14.3 Å². The van der Waals surface area contributed by atoms with E-state index >= 15 is 0 Å². The molecule has 0 amide bonds. The first kappa shape index (κ1) is 26.2. The zero-order valence-corrected chi connectivity index (χ0v) is 22.2. The Morgan fingerprint density at radius 1 is 1.09 bits per heavy atom. The summed E-state index contributed by atoms with van der Waals surface area (Å²) < 4.78 is 12.7. The third-order valence-electron chi connectivity index (χ3n) is 8.66. The standard InChI is InChI=1S/C29H42O6/c1-14-8-9-22-18(5)24(30)19(6)28(34-22)23-21-13-29(33,17(4)12-16(3)11-15(2)10-14)35-27(21)20(7)25(31)26(23)32/h10,13-14,16-19,22,24,28,30,32-33H,8-9,11-12H2,1-7H3/b15-10+/t14-,16+,17-,18-,19+,22+,24-,28+,29+/m0/s1/i9+0,10+0,11+0,12+0,13+0,20+0,21+0,22+0,24+0,26+0,28+0,29+0,30+2,31+0,33+2,35+0. The molecule has 0 aromatic heterocycles. The lowest BCUT2D eigenvalue weighted by molar-refractivity contribution is -0.164. The first-order valence-electron chi connectivity index (χ1n) is 13.2. The smallest absolute Gasteiger partial charge is 0.231 e. The fraction of sp³-hybridized carbons (Fsp3) is 0.690. The molecule has 4 rings (SSSR count).